The summed E-state index contributed by atoms with van der Waals surface area (Å²) in [5.74, 6) is 0. The van der Waals surface area contributed by atoms with Crippen LogP contribution in [-0.4, -0.2) is 14.5 Å². The third-order valence-corrected chi connectivity index (χ3v) is 4.72. The number of hydrogen-bond donors (Lipinski definition) is 0. The standard InChI is InChI=1S/C18H21N3O2/c1-2-3-6-9-21-11-19-15-13-10-12-7-4-5-8-14(12)20-17(13)23-16(15)18(21)22/h10-11H,2-9H2,1H3. The van der Waals surface area contributed by atoms with Crippen molar-refractivity contribution in [3.63, 3.8) is 0 Å². The minimum atomic E-state index is -0.0953. The fourth-order valence-corrected chi connectivity index (χ4v) is 3.40. The van der Waals surface area contributed by atoms with E-state index in [1.54, 1.807) is 10.9 Å². The molecule has 0 fully saturated rings. The predicted molar refractivity (Wildman–Crippen MR) is 89.7 cm³/mol. The van der Waals surface area contributed by atoms with Crippen LogP contribution in [0.2, 0.25) is 0 Å². The van der Waals surface area contributed by atoms with Gasteiger partial charge in [-0.2, -0.15) is 0 Å². The summed E-state index contributed by atoms with van der Waals surface area (Å²) in [6, 6.07) is 2.12. The van der Waals surface area contributed by atoms with E-state index in [2.05, 4.69) is 23.0 Å². The number of aromatic nitrogens is 3. The molecular formula is C18H21N3O2. The quantitative estimate of drug-likeness (QED) is 0.691. The van der Waals surface area contributed by atoms with Crippen molar-refractivity contribution in [3.05, 3.63) is 34.0 Å². The zero-order valence-electron chi connectivity index (χ0n) is 13.5. The van der Waals surface area contributed by atoms with Crippen LogP contribution in [0.1, 0.15) is 50.3 Å². The molecule has 3 aromatic rings. The lowest BCUT2D eigenvalue weighted by molar-refractivity contribution is 0.569. The van der Waals surface area contributed by atoms with Crippen LogP contribution in [0.25, 0.3) is 22.2 Å². The number of aryl methyl sites for hydroxylation is 3. The van der Waals surface area contributed by atoms with Gasteiger partial charge in [0.25, 0.3) is 5.56 Å². The molecule has 0 spiro atoms. The maximum absolute atomic E-state index is 12.6. The topological polar surface area (TPSA) is 60.9 Å². The van der Waals surface area contributed by atoms with Gasteiger partial charge in [0.05, 0.1) is 11.7 Å². The van der Waals surface area contributed by atoms with E-state index < -0.39 is 0 Å². The summed E-state index contributed by atoms with van der Waals surface area (Å²) >= 11 is 0. The normalized spacial score (nSPS) is 14.5. The van der Waals surface area contributed by atoms with Crippen LogP contribution in [0.15, 0.2) is 21.6 Å². The van der Waals surface area contributed by atoms with E-state index >= 15 is 0 Å². The number of pyridine rings is 1. The molecule has 0 aromatic carbocycles. The van der Waals surface area contributed by atoms with E-state index in [-0.39, 0.29) is 5.56 Å². The van der Waals surface area contributed by atoms with Crippen LogP contribution in [0.5, 0.6) is 0 Å². The van der Waals surface area contributed by atoms with E-state index in [1.165, 1.54) is 18.4 Å². The summed E-state index contributed by atoms with van der Waals surface area (Å²) in [4.78, 5) is 21.7. The first kappa shape index (κ1) is 14.4. The SMILES string of the molecule is CCCCCn1cnc2c(oc3nc4c(cc32)CCCC4)c1=O. The van der Waals surface area contributed by atoms with Gasteiger partial charge in [-0.3, -0.25) is 9.36 Å². The molecule has 3 heterocycles. The molecule has 0 saturated heterocycles. The van der Waals surface area contributed by atoms with Crippen LogP contribution < -0.4 is 5.56 Å². The number of furan rings is 1. The average molecular weight is 311 g/mol. The summed E-state index contributed by atoms with van der Waals surface area (Å²) in [6.45, 7) is 2.84. The second-order valence-electron chi connectivity index (χ2n) is 6.38. The molecule has 0 N–H and O–H groups in total. The molecule has 0 unspecified atom stereocenters. The molecule has 23 heavy (non-hydrogen) atoms. The van der Waals surface area contributed by atoms with E-state index in [0.717, 1.165) is 43.2 Å². The van der Waals surface area contributed by atoms with Crippen molar-refractivity contribution in [1.29, 1.82) is 0 Å². The Hall–Kier alpha value is -2.17. The predicted octanol–water partition coefficient (Wildman–Crippen LogP) is 3.61. The second kappa shape index (κ2) is 5.80. The van der Waals surface area contributed by atoms with Gasteiger partial charge in [-0.15, -0.1) is 0 Å². The van der Waals surface area contributed by atoms with E-state index in [4.69, 9.17) is 4.42 Å². The molecule has 3 aromatic heterocycles. The molecule has 0 radical (unpaired) electrons. The summed E-state index contributed by atoms with van der Waals surface area (Å²) in [7, 11) is 0. The Labute approximate surface area is 134 Å². The molecule has 0 aliphatic heterocycles. The maximum Gasteiger partial charge on any atom is 0.297 e. The number of hydrogen-bond acceptors (Lipinski definition) is 4. The van der Waals surface area contributed by atoms with E-state index in [9.17, 15) is 4.79 Å². The Kier molecular flexibility index (Phi) is 3.63. The first-order valence-corrected chi connectivity index (χ1v) is 8.58. The van der Waals surface area contributed by atoms with Gasteiger partial charge in [-0.05, 0) is 43.7 Å². The van der Waals surface area contributed by atoms with Gasteiger partial charge in [-0.1, -0.05) is 19.8 Å². The highest BCUT2D eigenvalue weighted by Gasteiger charge is 2.18. The molecule has 0 atom stereocenters. The van der Waals surface area contributed by atoms with Crippen LogP contribution in [-0.2, 0) is 19.4 Å². The summed E-state index contributed by atoms with van der Waals surface area (Å²) < 4.78 is 7.44. The fraction of sp³-hybridized carbons (Fsp3) is 0.500. The molecule has 4 rings (SSSR count). The van der Waals surface area contributed by atoms with Crippen LogP contribution >= 0.6 is 0 Å². The molecule has 120 valence electrons. The van der Waals surface area contributed by atoms with Crippen LogP contribution in [0, 0.1) is 0 Å². The Balaban J connectivity index is 1.84. The van der Waals surface area contributed by atoms with E-state index in [0.29, 0.717) is 23.4 Å². The van der Waals surface area contributed by atoms with Gasteiger partial charge in [0, 0.05) is 12.2 Å². The van der Waals surface area contributed by atoms with Crippen molar-refractivity contribution >= 4 is 22.2 Å². The number of rotatable bonds is 4. The van der Waals surface area contributed by atoms with Gasteiger partial charge in [0.15, 0.2) is 0 Å². The average Bonchev–Trinajstić information content (AvgIpc) is 2.93. The first-order chi connectivity index (χ1) is 11.3. The summed E-state index contributed by atoms with van der Waals surface area (Å²) in [5, 5.41) is 0.874. The van der Waals surface area contributed by atoms with Gasteiger partial charge < -0.3 is 4.42 Å². The Bertz CT molecular complexity index is 923. The molecule has 5 nitrogen and oxygen atoms in total. The second-order valence-corrected chi connectivity index (χ2v) is 6.38. The number of unbranched alkanes of at least 4 members (excludes halogenated alkanes) is 2. The highest BCUT2D eigenvalue weighted by Crippen LogP contribution is 2.29. The molecule has 5 heteroatoms. The van der Waals surface area contributed by atoms with Crippen molar-refractivity contribution in [2.24, 2.45) is 0 Å². The lowest BCUT2D eigenvalue weighted by Crippen LogP contribution is -2.20. The van der Waals surface area contributed by atoms with Crippen molar-refractivity contribution in [3.8, 4) is 0 Å². The van der Waals surface area contributed by atoms with Gasteiger partial charge in [0.1, 0.15) is 5.52 Å². The third-order valence-electron chi connectivity index (χ3n) is 4.72. The lowest BCUT2D eigenvalue weighted by Gasteiger charge is -2.13. The van der Waals surface area contributed by atoms with Gasteiger partial charge in [-0.25, -0.2) is 9.97 Å². The molecular weight excluding hydrogens is 290 g/mol. The van der Waals surface area contributed by atoms with Crippen molar-refractivity contribution in [2.75, 3.05) is 0 Å². The highest BCUT2D eigenvalue weighted by atomic mass is 16.3. The van der Waals surface area contributed by atoms with E-state index in [1.807, 2.05) is 0 Å². The lowest BCUT2D eigenvalue weighted by atomic mass is 9.95. The molecule has 1 aliphatic carbocycles. The molecule has 0 saturated carbocycles. The van der Waals surface area contributed by atoms with Gasteiger partial charge >= 0.3 is 0 Å². The highest BCUT2D eigenvalue weighted by molar-refractivity contribution is 6.00. The van der Waals surface area contributed by atoms with Gasteiger partial charge in [0.2, 0.25) is 11.3 Å². The maximum atomic E-state index is 12.6. The largest absolute Gasteiger partial charge is 0.430 e. The first-order valence-electron chi connectivity index (χ1n) is 8.58. The van der Waals surface area contributed by atoms with Crippen LogP contribution in [0.3, 0.4) is 0 Å². The zero-order chi connectivity index (χ0) is 15.8. The molecule has 0 bridgehead atoms. The smallest absolute Gasteiger partial charge is 0.297 e. The van der Waals surface area contributed by atoms with Crippen molar-refractivity contribution in [1.82, 2.24) is 14.5 Å². The number of fused-ring (bicyclic) bond motifs is 4. The minimum absolute atomic E-state index is 0.0953. The van der Waals surface area contributed by atoms with Crippen LogP contribution in [0.4, 0.5) is 0 Å². The zero-order valence-corrected chi connectivity index (χ0v) is 13.5. The number of nitrogens with zero attached hydrogens (tertiary/aromatic N) is 3. The molecule has 0 amide bonds. The fourth-order valence-electron chi connectivity index (χ4n) is 3.40. The Morgan fingerprint density at radius 1 is 1.26 bits per heavy atom. The van der Waals surface area contributed by atoms with Crippen molar-refractivity contribution < 1.29 is 4.42 Å². The molecule has 1 aliphatic rings. The van der Waals surface area contributed by atoms with Crippen molar-refractivity contribution in [2.45, 2.75) is 58.4 Å². The summed E-state index contributed by atoms with van der Waals surface area (Å²) in [6.07, 6.45) is 9.30. The summed E-state index contributed by atoms with van der Waals surface area (Å²) in [5.41, 5.74) is 3.84. The monoisotopic (exact) mass is 311 g/mol. The minimum Gasteiger partial charge on any atom is -0.430 e. The Morgan fingerprint density at radius 3 is 3.00 bits per heavy atom. The Morgan fingerprint density at radius 2 is 2.13 bits per heavy atom. The third kappa shape index (κ3) is 2.44.